The molecule has 104 valence electrons. The zero-order valence-electron chi connectivity index (χ0n) is 12.0. The first kappa shape index (κ1) is 16.9. The standard InChI is InChI=1S/C16H28O2/c1-4-7-9-10-11-12-14-15(13-8-5-2)16(17)18-6-3/h4,11-12,15H,1,5-10,13-14H2,2-3H3. The van der Waals surface area contributed by atoms with Crippen LogP contribution in [0.4, 0.5) is 0 Å². The molecule has 0 aromatic carbocycles. The average molecular weight is 252 g/mol. The zero-order chi connectivity index (χ0) is 13.6. The van der Waals surface area contributed by atoms with Gasteiger partial charge in [-0.05, 0) is 39.0 Å². The number of ether oxygens (including phenoxy) is 1. The highest BCUT2D eigenvalue weighted by atomic mass is 16.5. The highest BCUT2D eigenvalue weighted by molar-refractivity contribution is 5.72. The summed E-state index contributed by atoms with van der Waals surface area (Å²) in [6.45, 7) is 8.18. The van der Waals surface area contributed by atoms with E-state index in [-0.39, 0.29) is 11.9 Å². The van der Waals surface area contributed by atoms with Gasteiger partial charge in [0, 0.05) is 0 Å². The Kier molecular flexibility index (Phi) is 11.7. The molecular formula is C16H28O2. The van der Waals surface area contributed by atoms with Gasteiger partial charge in [0.05, 0.1) is 12.5 Å². The second-order valence-corrected chi connectivity index (χ2v) is 4.52. The van der Waals surface area contributed by atoms with Crippen LogP contribution in [0.1, 0.15) is 58.8 Å². The monoisotopic (exact) mass is 252 g/mol. The molecule has 0 amide bonds. The van der Waals surface area contributed by atoms with Crippen LogP contribution in [0.25, 0.3) is 0 Å². The molecule has 0 radical (unpaired) electrons. The fourth-order valence-electron chi connectivity index (χ4n) is 1.80. The van der Waals surface area contributed by atoms with Crippen LogP contribution in [0.15, 0.2) is 24.8 Å². The van der Waals surface area contributed by atoms with Gasteiger partial charge < -0.3 is 4.74 Å². The Bertz CT molecular complexity index is 243. The summed E-state index contributed by atoms with van der Waals surface area (Å²) in [5, 5.41) is 0. The van der Waals surface area contributed by atoms with E-state index < -0.39 is 0 Å². The third kappa shape index (κ3) is 9.03. The molecule has 2 heteroatoms. The van der Waals surface area contributed by atoms with Gasteiger partial charge in [-0.15, -0.1) is 6.58 Å². The Hall–Kier alpha value is -1.05. The largest absolute Gasteiger partial charge is 0.466 e. The molecule has 0 aliphatic rings. The van der Waals surface area contributed by atoms with Crippen LogP contribution in [-0.4, -0.2) is 12.6 Å². The lowest BCUT2D eigenvalue weighted by molar-refractivity contribution is -0.148. The molecule has 0 saturated carbocycles. The number of carbonyl (C=O) groups excluding carboxylic acids is 1. The van der Waals surface area contributed by atoms with Crippen molar-refractivity contribution in [2.24, 2.45) is 5.92 Å². The summed E-state index contributed by atoms with van der Waals surface area (Å²) in [4.78, 5) is 11.7. The number of carbonyl (C=O) groups is 1. The van der Waals surface area contributed by atoms with E-state index in [1.807, 2.05) is 13.0 Å². The van der Waals surface area contributed by atoms with E-state index in [2.05, 4.69) is 25.7 Å². The van der Waals surface area contributed by atoms with Crippen LogP contribution < -0.4 is 0 Å². The average Bonchev–Trinajstić information content (AvgIpc) is 2.37. The van der Waals surface area contributed by atoms with Crippen molar-refractivity contribution >= 4 is 5.97 Å². The summed E-state index contributed by atoms with van der Waals surface area (Å²) in [7, 11) is 0. The molecular weight excluding hydrogens is 224 g/mol. The normalized spacial score (nSPS) is 12.6. The first-order valence-corrected chi connectivity index (χ1v) is 7.18. The van der Waals surface area contributed by atoms with Gasteiger partial charge in [-0.1, -0.05) is 38.0 Å². The van der Waals surface area contributed by atoms with Crippen LogP contribution in [0.2, 0.25) is 0 Å². The Labute approximate surface area is 112 Å². The van der Waals surface area contributed by atoms with Gasteiger partial charge in [-0.2, -0.15) is 0 Å². The summed E-state index contributed by atoms with van der Waals surface area (Å²) < 4.78 is 5.11. The summed E-state index contributed by atoms with van der Waals surface area (Å²) in [6.07, 6.45) is 13.5. The Morgan fingerprint density at radius 1 is 1.22 bits per heavy atom. The minimum Gasteiger partial charge on any atom is -0.466 e. The van der Waals surface area contributed by atoms with Crippen LogP contribution in [0.3, 0.4) is 0 Å². The number of esters is 1. The van der Waals surface area contributed by atoms with Crippen LogP contribution >= 0.6 is 0 Å². The molecule has 18 heavy (non-hydrogen) atoms. The lowest BCUT2D eigenvalue weighted by Gasteiger charge is -2.12. The minimum atomic E-state index is -0.0401. The number of unbranched alkanes of at least 4 members (excludes halogenated alkanes) is 3. The predicted molar refractivity (Wildman–Crippen MR) is 77.5 cm³/mol. The van der Waals surface area contributed by atoms with Crippen molar-refractivity contribution in [1.82, 2.24) is 0 Å². The maximum atomic E-state index is 11.7. The van der Waals surface area contributed by atoms with Crippen molar-refractivity contribution in [3.05, 3.63) is 24.8 Å². The topological polar surface area (TPSA) is 26.3 Å². The van der Waals surface area contributed by atoms with Gasteiger partial charge in [0.15, 0.2) is 0 Å². The maximum absolute atomic E-state index is 11.7. The van der Waals surface area contributed by atoms with E-state index in [4.69, 9.17) is 4.74 Å². The molecule has 0 heterocycles. The summed E-state index contributed by atoms with van der Waals surface area (Å²) >= 11 is 0. The fraction of sp³-hybridized carbons (Fsp3) is 0.688. The van der Waals surface area contributed by atoms with Crippen molar-refractivity contribution < 1.29 is 9.53 Å². The number of rotatable bonds is 11. The second kappa shape index (κ2) is 12.4. The summed E-state index contributed by atoms with van der Waals surface area (Å²) in [6, 6.07) is 0. The molecule has 0 aliphatic heterocycles. The molecule has 0 N–H and O–H groups in total. The van der Waals surface area contributed by atoms with E-state index in [0.29, 0.717) is 6.61 Å². The SMILES string of the molecule is C=CCCCC=CCC(CCCC)C(=O)OCC. The van der Waals surface area contributed by atoms with Gasteiger partial charge in [0.25, 0.3) is 0 Å². The van der Waals surface area contributed by atoms with E-state index in [0.717, 1.165) is 44.9 Å². The highest BCUT2D eigenvalue weighted by Crippen LogP contribution is 2.16. The van der Waals surface area contributed by atoms with E-state index in [9.17, 15) is 4.79 Å². The van der Waals surface area contributed by atoms with Gasteiger partial charge in [-0.3, -0.25) is 4.79 Å². The molecule has 1 unspecified atom stereocenters. The smallest absolute Gasteiger partial charge is 0.309 e. The van der Waals surface area contributed by atoms with Gasteiger partial charge >= 0.3 is 5.97 Å². The summed E-state index contributed by atoms with van der Waals surface area (Å²) in [5.74, 6) is 0.00208. The third-order valence-electron chi connectivity index (χ3n) is 2.89. The Balaban J connectivity index is 3.98. The highest BCUT2D eigenvalue weighted by Gasteiger charge is 2.17. The van der Waals surface area contributed by atoms with Gasteiger partial charge in [0.1, 0.15) is 0 Å². The van der Waals surface area contributed by atoms with Crippen LogP contribution in [0.5, 0.6) is 0 Å². The zero-order valence-corrected chi connectivity index (χ0v) is 12.0. The molecule has 0 fully saturated rings. The molecule has 0 aromatic heterocycles. The molecule has 0 rings (SSSR count). The Morgan fingerprint density at radius 3 is 2.61 bits per heavy atom. The first-order chi connectivity index (χ1) is 8.76. The van der Waals surface area contributed by atoms with Crippen LogP contribution in [-0.2, 0) is 9.53 Å². The summed E-state index contributed by atoms with van der Waals surface area (Å²) in [5.41, 5.74) is 0. The molecule has 0 aliphatic carbocycles. The van der Waals surface area contributed by atoms with Gasteiger partial charge in [-0.25, -0.2) is 0 Å². The van der Waals surface area contributed by atoms with E-state index in [1.54, 1.807) is 0 Å². The van der Waals surface area contributed by atoms with Crippen molar-refractivity contribution in [3.8, 4) is 0 Å². The lowest BCUT2D eigenvalue weighted by Crippen LogP contribution is -2.17. The fourth-order valence-corrected chi connectivity index (χ4v) is 1.80. The van der Waals surface area contributed by atoms with Crippen molar-refractivity contribution in [3.63, 3.8) is 0 Å². The quantitative estimate of drug-likeness (QED) is 0.304. The molecule has 2 nitrogen and oxygen atoms in total. The van der Waals surface area contributed by atoms with Crippen molar-refractivity contribution in [2.45, 2.75) is 58.8 Å². The van der Waals surface area contributed by atoms with Crippen molar-refractivity contribution in [2.75, 3.05) is 6.61 Å². The van der Waals surface area contributed by atoms with Gasteiger partial charge in [0.2, 0.25) is 0 Å². The Morgan fingerprint density at radius 2 is 2.00 bits per heavy atom. The molecule has 0 spiro atoms. The van der Waals surface area contributed by atoms with Crippen molar-refractivity contribution in [1.29, 1.82) is 0 Å². The molecule has 0 aromatic rings. The number of allylic oxidation sites excluding steroid dienone is 3. The third-order valence-corrected chi connectivity index (χ3v) is 2.89. The van der Waals surface area contributed by atoms with E-state index in [1.165, 1.54) is 0 Å². The lowest BCUT2D eigenvalue weighted by atomic mass is 9.98. The van der Waals surface area contributed by atoms with Crippen LogP contribution in [0, 0.1) is 5.92 Å². The minimum absolute atomic E-state index is 0.0401. The molecule has 0 saturated heterocycles. The molecule has 0 bridgehead atoms. The van der Waals surface area contributed by atoms with E-state index >= 15 is 0 Å². The predicted octanol–water partition coefficient (Wildman–Crippen LogP) is 4.66. The number of hydrogen-bond donors (Lipinski definition) is 0. The first-order valence-electron chi connectivity index (χ1n) is 7.18. The number of hydrogen-bond acceptors (Lipinski definition) is 2. The maximum Gasteiger partial charge on any atom is 0.309 e. The second-order valence-electron chi connectivity index (χ2n) is 4.52. The molecule has 1 atom stereocenters.